The van der Waals surface area contributed by atoms with Gasteiger partial charge in [0.2, 0.25) is 0 Å². The van der Waals surface area contributed by atoms with Crippen LogP contribution in [0.25, 0.3) is 0 Å². The lowest BCUT2D eigenvalue weighted by molar-refractivity contribution is 0.807. The van der Waals surface area contributed by atoms with Gasteiger partial charge in [0.1, 0.15) is 0 Å². The van der Waals surface area contributed by atoms with E-state index in [4.69, 9.17) is 5.73 Å². The van der Waals surface area contributed by atoms with Crippen LogP contribution in [-0.4, -0.2) is 12.3 Å². The molecule has 0 atom stereocenters. The fourth-order valence-corrected chi connectivity index (χ4v) is 0.678. The fraction of sp³-hybridized carbons (Fsp3) is 1.00. The molecule has 0 unspecified atom stereocenters. The molecule has 0 aliphatic rings. The van der Waals surface area contributed by atoms with E-state index in [0.29, 0.717) is 0 Å². The number of unbranched alkanes of at least 4 members (excludes halogenated alkanes) is 2. The predicted octanol–water partition coefficient (Wildman–Crippen LogP) is 2.46. The minimum Gasteiger partial charge on any atom is -0.330 e. The van der Waals surface area contributed by atoms with E-state index >= 15 is 0 Å². The Morgan fingerprint density at radius 1 is 1.10 bits per heavy atom. The van der Waals surface area contributed by atoms with E-state index in [1.165, 1.54) is 25.7 Å². The van der Waals surface area contributed by atoms with Gasteiger partial charge in [-0.3, -0.25) is 0 Å². The van der Waals surface area contributed by atoms with Crippen molar-refractivity contribution in [1.29, 1.82) is 0 Å². The van der Waals surface area contributed by atoms with Crippen molar-refractivity contribution < 1.29 is 0 Å². The minimum atomic E-state index is 0.844. The second-order valence-corrected chi connectivity index (χ2v) is 2.67. The van der Waals surface area contributed by atoms with Gasteiger partial charge in [-0.1, -0.05) is 26.7 Å². The molecule has 0 fully saturated rings. The quantitative estimate of drug-likeness (QED) is 0.612. The van der Waals surface area contributed by atoms with Gasteiger partial charge >= 0.3 is 0 Å². The smallest absolute Gasteiger partial charge is 0.00774 e. The molecule has 0 radical (unpaired) electrons. The van der Waals surface area contributed by atoms with Crippen LogP contribution in [0.5, 0.6) is 0 Å². The normalized spacial score (nSPS) is 8.40. The van der Waals surface area contributed by atoms with Crippen LogP contribution < -0.4 is 5.73 Å². The van der Waals surface area contributed by atoms with E-state index in [1.807, 2.05) is 0 Å². The minimum absolute atomic E-state index is 0.844. The Bertz CT molecular complexity index is 30.2. The van der Waals surface area contributed by atoms with Gasteiger partial charge in [-0.25, -0.2) is 0 Å². The molecule has 0 rings (SSSR count). The number of thiol groups is 1. The van der Waals surface area contributed by atoms with Gasteiger partial charge in [0.05, 0.1) is 0 Å². The van der Waals surface area contributed by atoms with Crippen LogP contribution in [0.1, 0.15) is 39.5 Å². The van der Waals surface area contributed by atoms with E-state index < -0.39 is 0 Å². The van der Waals surface area contributed by atoms with Crippen LogP contribution in [0.4, 0.5) is 0 Å². The first-order valence-corrected chi connectivity index (χ1v) is 4.77. The lowest BCUT2D eigenvalue weighted by atomic mass is 10.3. The summed E-state index contributed by atoms with van der Waals surface area (Å²) in [6.45, 7) is 5.14. The van der Waals surface area contributed by atoms with Gasteiger partial charge < -0.3 is 5.73 Å². The molecular weight excluding hydrogens is 142 g/mol. The molecule has 0 saturated carbocycles. The lowest BCUT2D eigenvalue weighted by Gasteiger charge is -1.80. The van der Waals surface area contributed by atoms with Crippen LogP contribution in [0, 0.1) is 0 Å². The number of rotatable bonds is 4. The van der Waals surface area contributed by atoms with Crippen molar-refractivity contribution >= 4 is 12.6 Å². The molecular formula is C8H21NS. The molecule has 64 valence electrons. The third kappa shape index (κ3) is 23.9. The standard InChI is InChI=1S/C4H11N.C4H10S/c2*1-2-3-4-5/h2-5H2,1H3;5H,2-4H2,1H3. The summed E-state index contributed by atoms with van der Waals surface area (Å²) < 4.78 is 0. The average Bonchev–Trinajstić information content (AvgIpc) is 1.93. The van der Waals surface area contributed by atoms with Crippen molar-refractivity contribution in [1.82, 2.24) is 0 Å². The maximum atomic E-state index is 5.14. The second-order valence-electron chi connectivity index (χ2n) is 2.22. The Morgan fingerprint density at radius 2 is 1.60 bits per heavy atom. The third-order valence-corrected chi connectivity index (χ3v) is 1.39. The molecule has 10 heavy (non-hydrogen) atoms. The van der Waals surface area contributed by atoms with Crippen molar-refractivity contribution in [3.63, 3.8) is 0 Å². The van der Waals surface area contributed by atoms with E-state index in [1.54, 1.807) is 0 Å². The summed E-state index contributed by atoms with van der Waals surface area (Å²) in [5, 5.41) is 0. The first-order valence-electron chi connectivity index (χ1n) is 4.14. The summed E-state index contributed by atoms with van der Waals surface area (Å²) in [6.07, 6.45) is 4.91. The van der Waals surface area contributed by atoms with Gasteiger partial charge in [0.25, 0.3) is 0 Å². The van der Waals surface area contributed by atoms with Crippen molar-refractivity contribution in [2.45, 2.75) is 39.5 Å². The number of hydrogen-bond donors (Lipinski definition) is 2. The molecule has 0 aliphatic heterocycles. The average molecular weight is 163 g/mol. The zero-order chi connectivity index (χ0) is 8.24. The molecule has 2 N–H and O–H groups in total. The van der Waals surface area contributed by atoms with Gasteiger partial charge in [-0.05, 0) is 25.1 Å². The summed E-state index contributed by atoms with van der Waals surface area (Å²) in [7, 11) is 0. The predicted molar refractivity (Wildman–Crippen MR) is 52.7 cm³/mol. The van der Waals surface area contributed by atoms with E-state index in [-0.39, 0.29) is 0 Å². The monoisotopic (exact) mass is 163 g/mol. The van der Waals surface area contributed by atoms with Crippen molar-refractivity contribution in [2.75, 3.05) is 12.3 Å². The second kappa shape index (κ2) is 16.1. The molecule has 0 bridgehead atoms. The highest BCUT2D eigenvalue weighted by Crippen LogP contribution is 1.85. The Balaban J connectivity index is 0. The summed E-state index contributed by atoms with van der Waals surface area (Å²) >= 11 is 4.00. The Kier molecular flexibility index (Phi) is 20.9. The topological polar surface area (TPSA) is 26.0 Å². The molecule has 1 nitrogen and oxygen atoms in total. The molecule has 0 spiro atoms. The van der Waals surface area contributed by atoms with Crippen LogP contribution in [0.3, 0.4) is 0 Å². The zero-order valence-electron chi connectivity index (χ0n) is 7.27. The van der Waals surface area contributed by atoms with Crippen molar-refractivity contribution in [2.24, 2.45) is 5.73 Å². The molecule has 0 amide bonds. The van der Waals surface area contributed by atoms with Gasteiger partial charge in [0.15, 0.2) is 0 Å². The highest BCUT2D eigenvalue weighted by Gasteiger charge is 1.69. The SMILES string of the molecule is CCCCN.CCCCS. The molecule has 0 aromatic heterocycles. The Labute approximate surface area is 70.8 Å². The summed E-state index contributed by atoms with van der Waals surface area (Å²) in [5.74, 6) is 1.04. The van der Waals surface area contributed by atoms with Crippen LogP contribution >= 0.6 is 12.6 Å². The van der Waals surface area contributed by atoms with Gasteiger partial charge in [-0.15, -0.1) is 0 Å². The van der Waals surface area contributed by atoms with E-state index in [2.05, 4.69) is 26.5 Å². The van der Waals surface area contributed by atoms with E-state index in [9.17, 15) is 0 Å². The molecule has 0 heterocycles. The first kappa shape index (κ1) is 12.9. The highest BCUT2D eigenvalue weighted by atomic mass is 32.1. The summed E-state index contributed by atoms with van der Waals surface area (Å²) in [5.41, 5.74) is 5.14. The summed E-state index contributed by atoms with van der Waals surface area (Å²) in [4.78, 5) is 0. The molecule has 0 aliphatic carbocycles. The summed E-state index contributed by atoms with van der Waals surface area (Å²) in [6, 6.07) is 0. The third-order valence-electron chi connectivity index (χ3n) is 1.07. The molecule has 0 saturated heterocycles. The molecule has 0 aromatic rings. The van der Waals surface area contributed by atoms with Crippen LogP contribution in [0.15, 0.2) is 0 Å². The molecule has 2 heteroatoms. The Morgan fingerprint density at radius 3 is 1.60 bits per heavy atom. The molecule has 0 aromatic carbocycles. The van der Waals surface area contributed by atoms with E-state index in [0.717, 1.165) is 12.3 Å². The zero-order valence-corrected chi connectivity index (χ0v) is 8.16. The fourth-order valence-electron chi connectivity index (χ4n) is 0.362. The van der Waals surface area contributed by atoms with Gasteiger partial charge in [-0.2, -0.15) is 12.6 Å². The first-order chi connectivity index (χ1) is 4.83. The number of hydrogen-bond acceptors (Lipinski definition) is 2. The van der Waals surface area contributed by atoms with Crippen LogP contribution in [0.2, 0.25) is 0 Å². The maximum absolute atomic E-state index is 5.14. The van der Waals surface area contributed by atoms with Crippen LogP contribution in [-0.2, 0) is 0 Å². The van der Waals surface area contributed by atoms with Crippen molar-refractivity contribution in [3.8, 4) is 0 Å². The van der Waals surface area contributed by atoms with Crippen molar-refractivity contribution in [3.05, 3.63) is 0 Å². The maximum Gasteiger partial charge on any atom is -0.00774 e. The van der Waals surface area contributed by atoms with Gasteiger partial charge in [0, 0.05) is 0 Å². The Hall–Kier alpha value is 0.310. The highest BCUT2D eigenvalue weighted by molar-refractivity contribution is 7.80. The number of nitrogens with two attached hydrogens (primary N) is 1. The lowest BCUT2D eigenvalue weighted by Crippen LogP contribution is -1.95. The largest absolute Gasteiger partial charge is 0.330 e.